The number of rotatable bonds is 2. The van der Waals surface area contributed by atoms with Crippen molar-refractivity contribution >= 4 is 27.6 Å². The highest BCUT2D eigenvalue weighted by atomic mass is 79.9. The van der Waals surface area contributed by atoms with Crippen LogP contribution in [0.25, 0.3) is 5.70 Å². The van der Waals surface area contributed by atoms with E-state index in [4.69, 9.17) is 0 Å². The van der Waals surface area contributed by atoms with Crippen LogP contribution in [0.5, 0.6) is 0 Å². The lowest BCUT2D eigenvalue weighted by molar-refractivity contribution is 0.612. The van der Waals surface area contributed by atoms with E-state index in [0.29, 0.717) is 0 Å². The maximum atomic E-state index is 4.38. The van der Waals surface area contributed by atoms with Gasteiger partial charge in [-0.1, -0.05) is 40.2 Å². The Balaban J connectivity index is 1.81. The molecule has 1 N–H and O–H groups in total. The van der Waals surface area contributed by atoms with Gasteiger partial charge in [-0.3, -0.25) is 0 Å². The number of fused-ring (bicyclic) bond motifs is 1. The lowest BCUT2D eigenvalue weighted by Crippen LogP contribution is -2.20. The molecule has 120 valence electrons. The van der Waals surface area contributed by atoms with Crippen LogP contribution in [-0.2, 0) is 0 Å². The van der Waals surface area contributed by atoms with Crippen LogP contribution >= 0.6 is 15.9 Å². The van der Waals surface area contributed by atoms with Crippen molar-refractivity contribution in [1.82, 2.24) is 14.8 Å². The molecule has 1 unspecified atom stereocenters. The molecule has 0 aliphatic carbocycles. The standard InChI is InChI=1S/C19H17BrN4/c1-12-3-4-15(9-13(12)2)17-10-18(14-5-7-16(20)8-6-14)24-19(23-17)21-11-22-24/h3-11,18H,1-2H3,(H,21,22,23). The highest BCUT2D eigenvalue weighted by molar-refractivity contribution is 9.10. The Labute approximate surface area is 149 Å². The van der Waals surface area contributed by atoms with E-state index in [2.05, 4.69) is 93.7 Å². The number of hydrogen-bond donors (Lipinski definition) is 1. The quantitative estimate of drug-likeness (QED) is 0.699. The fourth-order valence-corrected chi connectivity index (χ4v) is 3.17. The first-order valence-corrected chi connectivity index (χ1v) is 8.62. The third-order valence-electron chi connectivity index (χ3n) is 4.44. The number of anilines is 1. The Morgan fingerprint density at radius 1 is 1.04 bits per heavy atom. The van der Waals surface area contributed by atoms with E-state index in [1.165, 1.54) is 16.7 Å². The van der Waals surface area contributed by atoms with Gasteiger partial charge in [0.05, 0.1) is 0 Å². The summed E-state index contributed by atoms with van der Waals surface area (Å²) in [6, 6.07) is 14.9. The minimum atomic E-state index is 0.0217. The van der Waals surface area contributed by atoms with E-state index in [0.717, 1.165) is 21.7 Å². The maximum absolute atomic E-state index is 4.38. The van der Waals surface area contributed by atoms with Gasteiger partial charge >= 0.3 is 0 Å². The zero-order chi connectivity index (χ0) is 16.7. The molecule has 5 heteroatoms. The Morgan fingerprint density at radius 2 is 1.83 bits per heavy atom. The van der Waals surface area contributed by atoms with Crippen LogP contribution in [0.3, 0.4) is 0 Å². The molecule has 24 heavy (non-hydrogen) atoms. The zero-order valence-electron chi connectivity index (χ0n) is 13.5. The van der Waals surface area contributed by atoms with E-state index < -0.39 is 0 Å². The molecule has 4 rings (SSSR count). The normalized spacial score (nSPS) is 16.3. The van der Waals surface area contributed by atoms with E-state index >= 15 is 0 Å². The topological polar surface area (TPSA) is 42.7 Å². The van der Waals surface area contributed by atoms with Crippen molar-refractivity contribution in [2.45, 2.75) is 19.9 Å². The second kappa shape index (κ2) is 5.91. The molecule has 0 radical (unpaired) electrons. The molecule has 4 nitrogen and oxygen atoms in total. The van der Waals surface area contributed by atoms with E-state index in [1.54, 1.807) is 6.33 Å². The predicted molar refractivity (Wildman–Crippen MR) is 99.8 cm³/mol. The van der Waals surface area contributed by atoms with Crippen molar-refractivity contribution in [3.8, 4) is 0 Å². The van der Waals surface area contributed by atoms with Crippen LogP contribution in [-0.4, -0.2) is 14.8 Å². The van der Waals surface area contributed by atoms with Gasteiger partial charge in [-0.15, -0.1) is 0 Å². The van der Waals surface area contributed by atoms with Gasteiger partial charge in [0.25, 0.3) is 0 Å². The lowest BCUT2D eigenvalue weighted by atomic mass is 9.99. The van der Waals surface area contributed by atoms with Gasteiger partial charge in [-0.2, -0.15) is 10.1 Å². The summed E-state index contributed by atoms with van der Waals surface area (Å²) in [5.41, 5.74) is 5.97. The van der Waals surface area contributed by atoms with Gasteiger partial charge in [-0.05, 0) is 60.4 Å². The number of aromatic nitrogens is 3. The monoisotopic (exact) mass is 380 g/mol. The van der Waals surface area contributed by atoms with Gasteiger partial charge in [0.15, 0.2) is 0 Å². The lowest BCUT2D eigenvalue weighted by Gasteiger charge is -2.24. The summed E-state index contributed by atoms with van der Waals surface area (Å²) in [6.45, 7) is 4.26. The number of aryl methyl sites for hydroxylation is 2. The van der Waals surface area contributed by atoms with Crippen molar-refractivity contribution in [1.29, 1.82) is 0 Å². The van der Waals surface area contributed by atoms with Gasteiger partial charge in [0.2, 0.25) is 5.95 Å². The Bertz CT molecular complexity index is 925. The van der Waals surface area contributed by atoms with E-state index in [-0.39, 0.29) is 6.04 Å². The van der Waals surface area contributed by atoms with Crippen molar-refractivity contribution < 1.29 is 0 Å². The van der Waals surface area contributed by atoms with Crippen LogP contribution in [0.2, 0.25) is 0 Å². The average molecular weight is 381 g/mol. The molecule has 1 aliphatic heterocycles. The molecule has 0 bridgehead atoms. The molecule has 1 aromatic heterocycles. The SMILES string of the molecule is Cc1ccc(C2=CC(c3ccc(Br)cc3)n3ncnc3N2)cc1C. The van der Waals surface area contributed by atoms with Gasteiger partial charge in [0.1, 0.15) is 12.4 Å². The molecule has 1 atom stereocenters. The highest BCUT2D eigenvalue weighted by Gasteiger charge is 2.23. The molecular weight excluding hydrogens is 364 g/mol. The fraction of sp³-hybridized carbons (Fsp3) is 0.158. The van der Waals surface area contributed by atoms with Gasteiger partial charge in [-0.25, -0.2) is 4.68 Å². The molecule has 0 saturated heterocycles. The summed E-state index contributed by atoms with van der Waals surface area (Å²) >= 11 is 3.49. The Hall–Kier alpha value is -2.40. The third-order valence-corrected chi connectivity index (χ3v) is 4.97. The molecule has 0 spiro atoms. The largest absolute Gasteiger partial charge is 0.324 e. The summed E-state index contributed by atoms with van der Waals surface area (Å²) in [7, 11) is 0. The van der Waals surface area contributed by atoms with Crippen LogP contribution < -0.4 is 5.32 Å². The first kappa shape index (κ1) is 15.1. The zero-order valence-corrected chi connectivity index (χ0v) is 15.1. The van der Waals surface area contributed by atoms with Crippen molar-refractivity contribution in [3.63, 3.8) is 0 Å². The second-order valence-corrected chi connectivity index (χ2v) is 6.94. The van der Waals surface area contributed by atoms with Crippen LogP contribution in [0.1, 0.15) is 28.3 Å². The number of benzene rings is 2. The van der Waals surface area contributed by atoms with Crippen molar-refractivity contribution in [3.05, 3.63) is 81.6 Å². The minimum absolute atomic E-state index is 0.0217. The summed E-state index contributed by atoms with van der Waals surface area (Å²) in [5, 5.41) is 7.78. The summed E-state index contributed by atoms with van der Waals surface area (Å²) in [4.78, 5) is 4.36. The second-order valence-electron chi connectivity index (χ2n) is 6.03. The number of nitrogens with zero attached hydrogens (tertiary/aromatic N) is 3. The molecule has 2 aromatic carbocycles. The van der Waals surface area contributed by atoms with Gasteiger partial charge < -0.3 is 5.32 Å². The maximum Gasteiger partial charge on any atom is 0.226 e. The third kappa shape index (κ3) is 2.65. The van der Waals surface area contributed by atoms with Crippen LogP contribution in [0.15, 0.2) is 59.3 Å². The minimum Gasteiger partial charge on any atom is -0.324 e. The summed E-state index contributed by atoms with van der Waals surface area (Å²) < 4.78 is 2.98. The molecule has 0 fully saturated rings. The van der Waals surface area contributed by atoms with Gasteiger partial charge in [0, 0.05) is 10.2 Å². The number of nitrogens with one attached hydrogen (secondary N) is 1. The summed E-state index contributed by atoms with van der Waals surface area (Å²) in [6.07, 6.45) is 3.79. The fourth-order valence-electron chi connectivity index (χ4n) is 2.91. The van der Waals surface area contributed by atoms with Crippen molar-refractivity contribution in [2.75, 3.05) is 5.32 Å². The van der Waals surface area contributed by atoms with E-state index in [9.17, 15) is 0 Å². The molecule has 2 heterocycles. The average Bonchev–Trinajstić information content (AvgIpc) is 3.06. The molecule has 1 aliphatic rings. The van der Waals surface area contributed by atoms with Crippen LogP contribution in [0.4, 0.5) is 5.95 Å². The molecule has 3 aromatic rings. The predicted octanol–water partition coefficient (Wildman–Crippen LogP) is 4.71. The first-order chi connectivity index (χ1) is 11.6. The number of allylic oxidation sites excluding steroid dienone is 1. The number of halogens is 1. The molecule has 0 amide bonds. The Morgan fingerprint density at radius 3 is 2.58 bits per heavy atom. The molecule has 0 saturated carbocycles. The summed E-state index contributed by atoms with van der Waals surface area (Å²) in [5.74, 6) is 0.763. The number of hydrogen-bond acceptors (Lipinski definition) is 3. The Kier molecular flexibility index (Phi) is 3.73. The first-order valence-electron chi connectivity index (χ1n) is 7.83. The smallest absolute Gasteiger partial charge is 0.226 e. The highest BCUT2D eigenvalue weighted by Crippen LogP contribution is 2.32. The van der Waals surface area contributed by atoms with Crippen molar-refractivity contribution in [2.24, 2.45) is 0 Å². The van der Waals surface area contributed by atoms with E-state index in [1.807, 2.05) is 4.68 Å². The molecular formula is C19H17BrN4. The van der Waals surface area contributed by atoms with Crippen LogP contribution in [0, 0.1) is 13.8 Å².